The molecule has 0 saturated carbocycles. The second kappa shape index (κ2) is 5.88. The maximum atomic E-state index is 12.4. The third kappa shape index (κ3) is 2.94. The Balaban J connectivity index is 1.71. The quantitative estimate of drug-likeness (QED) is 0.927. The topological polar surface area (TPSA) is 57.6 Å². The Morgan fingerprint density at radius 1 is 1.14 bits per heavy atom. The summed E-state index contributed by atoms with van der Waals surface area (Å²) in [6.45, 7) is 0.570. The van der Waals surface area contributed by atoms with Crippen LogP contribution in [0.2, 0.25) is 0 Å². The molecule has 4 heteroatoms. The summed E-state index contributed by atoms with van der Waals surface area (Å²) in [6.07, 6.45) is 6.38. The van der Waals surface area contributed by atoms with Gasteiger partial charge in [-0.2, -0.15) is 0 Å². The zero-order valence-corrected chi connectivity index (χ0v) is 12.2. The van der Waals surface area contributed by atoms with Crippen LogP contribution >= 0.6 is 0 Å². The number of carbonyl (C=O) groups is 2. The standard InChI is InChI=1S/C17H21NO3/c19-16(18-9-3-6-15(18)17(20)21)11-12-7-8-13-4-1-2-5-14(13)10-12/h7-8,10,15H,1-6,9,11H2,(H,20,21). The van der Waals surface area contributed by atoms with E-state index in [0.29, 0.717) is 19.4 Å². The average Bonchev–Trinajstić information content (AvgIpc) is 2.97. The molecular weight excluding hydrogens is 266 g/mol. The van der Waals surface area contributed by atoms with Gasteiger partial charge in [0.05, 0.1) is 6.42 Å². The molecule has 0 spiro atoms. The van der Waals surface area contributed by atoms with E-state index in [-0.39, 0.29) is 5.91 Å². The summed E-state index contributed by atoms with van der Waals surface area (Å²) in [4.78, 5) is 25.1. The minimum absolute atomic E-state index is 0.0596. The van der Waals surface area contributed by atoms with Crippen LogP contribution in [0.4, 0.5) is 0 Å². The number of hydrogen-bond donors (Lipinski definition) is 1. The molecule has 1 aliphatic carbocycles. The zero-order valence-electron chi connectivity index (χ0n) is 12.2. The van der Waals surface area contributed by atoms with Gasteiger partial charge in [0, 0.05) is 6.54 Å². The van der Waals surface area contributed by atoms with Gasteiger partial charge in [0.25, 0.3) is 0 Å². The Bertz CT molecular complexity index is 567. The first-order valence-corrected chi connectivity index (χ1v) is 7.78. The second-order valence-corrected chi connectivity index (χ2v) is 6.07. The molecule has 1 amide bonds. The van der Waals surface area contributed by atoms with Crippen LogP contribution in [0.1, 0.15) is 42.4 Å². The van der Waals surface area contributed by atoms with E-state index in [0.717, 1.165) is 24.8 Å². The van der Waals surface area contributed by atoms with Crippen LogP contribution in [-0.2, 0) is 28.9 Å². The largest absolute Gasteiger partial charge is 0.480 e. The molecule has 1 N–H and O–H groups in total. The third-order valence-corrected chi connectivity index (χ3v) is 4.63. The minimum atomic E-state index is -0.883. The normalized spacial score (nSPS) is 21.1. The van der Waals surface area contributed by atoms with Crippen molar-refractivity contribution >= 4 is 11.9 Å². The van der Waals surface area contributed by atoms with Crippen molar-refractivity contribution in [2.45, 2.75) is 51.0 Å². The maximum Gasteiger partial charge on any atom is 0.326 e. The monoisotopic (exact) mass is 287 g/mol. The molecule has 0 aromatic heterocycles. The van der Waals surface area contributed by atoms with Gasteiger partial charge in [-0.05, 0) is 55.2 Å². The van der Waals surface area contributed by atoms with E-state index in [1.54, 1.807) is 0 Å². The lowest BCUT2D eigenvalue weighted by Gasteiger charge is -2.22. The second-order valence-electron chi connectivity index (χ2n) is 6.07. The van der Waals surface area contributed by atoms with Crippen molar-refractivity contribution < 1.29 is 14.7 Å². The number of likely N-dealkylation sites (tertiary alicyclic amines) is 1. The van der Waals surface area contributed by atoms with Crippen LogP contribution in [0.15, 0.2) is 18.2 Å². The van der Waals surface area contributed by atoms with Gasteiger partial charge in [-0.25, -0.2) is 4.79 Å². The smallest absolute Gasteiger partial charge is 0.326 e. The molecule has 1 heterocycles. The number of aliphatic carboxylic acids is 1. The molecular formula is C17H21NO3. The summed E-state index contributed by atoms with van der Waals surface area (Å²) in [6, 6.07) is 5.66. The summed E-state index contributed by atoms with van der Waals surface area (Å²) in [5.41, 5.74) is 3.78. The van der Waals surface area contributed by atoms with Gasteiger partial charge in [0.1, 0.15) is 6.04 Å². The molecule has 4 nitrogen and oxygen atoms in total. The molecule has 1 unspecified atom stereocenters. The number of benzene rings is 1. The average molecular weight is 287 g/mol. The number of rotatable bonds is 3. The molecule has 0 radical (unpaired) electrons. The molecule has 1 saturated heterocycles. The molecule has 0 bridgehead atoms. The van der Waals surface area contributed by atoms with Crippen LogP contribution in [0.25, 0.3) is 0 Å². The number of nitrogens with zero attached hydrogens (tertiary/aromatic N) is 1. The Labute approximate surface area is 124 Å². The molecule has 21 heavy (non-hydrogen) atoms. The van der Waals surface area contributed by atoms with Gasteiger partial charge >= 0.3 is 5.97 Å². The number of carboxylic acid groups (broad SMARTS) is 1. The fraction of sp³-hybridized carbons (Fsp3) is 0.529. The number of carbonyl (C=O) groups excluding carboxylic acids is 1. The summed E-state index contributed by atoms with van der Waals surface area (Å²) in [5.74, 6) is -0.943. The summed E-state index contributed by atoms with van der Waals surface area (Å²) in [7, 11) is 0. The van der Waals surface area contributed by atoms with E-state index in [1.807, 2.05) is 6.07 Å². The van der Waals surface area contributed by atoms with Gasteiger partial charge < -0.3 is 10.0 Å². The molecule has 112 valence electrons. The predicted octanol–water partition coefficient (Wildman–Crippen LogP) is 2.18. The van der Waals surface area contributed by atoms with Gasteiger partial charge in [-0.3, -0.25) is 4.79 Å². The highest BCUT2D eigenvalue weighted by Gasteiger charge is 2.33. The summed E-state index contributed by atoms with van der Waals surface area (Å²) >= 11 is 0. The van der Waals surface area contributed by atoms with Crippen molar-refractivity contribution in [2.75, 3.05) is 6.54 Å². The maximum absolute atomic E-state index is 12.4. The fourth-order valence-corrected chi connectivity index (χ4v) is 3.49. The van der Waals surface area contributed by atoms with Gasteiger partial charge in [0.15, 0.2) is 0 Å². The zero-order chi connectivity index (χ0) is 14.8. The van der Waals surface area contributed by atoms with Crippen LogP contribution in [-0.4, -0.2) is 34.5 Å². The Kier molecular flexibility index (Phi) is 3.95. The van der Waals surface area contributed by atoms with Crippen molar-refractivity contribution in [1.82, 2.24) is 4.90 Å². The number of amides is 1. The number of hydrogen-bond acceptors (Lipinski definition) is 2. The highest BCUT2D eigenvalue weighted by atomic mass is 16.4. The first-order valence-electron chi connectivity index (χ1n) is 7.78. The number of aryl methyl sites for hydroxylation is 2. The lowest BCUT2D eigenvalue weighted by Crippen LogP contribution is -2.41. The van der Waals surface area contributed by atoms with E-state index in [1.165, 1.54) is 28.9 Å². The van der Waals surface area contributed by atoms with Crippen molar-refractivity contribution in [2.24, 2.45) is 0 Å². The summed E-state index contributed by atoms with van der Waals surface area (Å²) < 4.78 is 0. The molecule has 2 aliphatic rings. The summed E-state index contributed by atoms with van der Waals surface area (Å²) in [5, 5.41) is 9.16. The highest BCUT2D eigenvalue weighted by Crippen LogP contribution is 2.24. The highest BCUT2D eigenvalue weighted by molar-refractivity contribution is 5.85. The fourth-order valence-electron chi connectivity index (χ4n) is 3.49. The van der Waals surface area contributed by atoms with Crippen molar-refractivity contribution in [1.29, 1.82) is 0 Å². The van der Waals surface area contributed by atoms with Crippen LogP contribution in [0.3, 0.4) is 0 Å². The van der Waals surface area contributed by atoms with E-state index in [9.17, 15) is 9.59 Å². The van der Waals surface area contributed by atoms with Gasteiger partial charge in [0.2, 0.25) is 5.91 Å². The Morgan fingerprint density at radius 3 is 2.67 bits per heavy atom. The van der Waals surface area contributed by atoms with E-state index in [2.05, 4.69) is 12.1 Å². The molecule has 1 fully saturated rings. The minimum Gasteiger partial charge on any atom is -0.480 e. The third-order valence-electron chi connectivity index (χ3n) is 4.63. The SMILES string of the molecule is O=C(O)C1CCCN1C(=O)Cc1ccc2c(c1)CCCC2. The Morgan fingerprint density at radius 2 is 1.90 bits per heavy atom. The lowest BCUT2D eigenvalue weighted by molar-refractivity contribution is -0.148. The van der Waals surface area contributed by atoms with Crippen molar-refractivity contribution in [3.63, 3.8) is 0 Å². The molecule has 1 atom stereocenters. The predicted molar refractivity (Wildman–Crippen MR) is 79.2 cm³/mol. The van der Waals surface area contributed by atoms with Crippen LogP contribution in [0, 0.1) is 0 Å². The van der Waals surface area contributed by atoms with Crippen LogP contribution < -0.4 is 0 Å². The first kappa shape index (κ1) is 14.1. The number of fused-ring (bicyclic) bond motifs is 1. The van der Waals surface area contributed by atoms with E-state index >= 15 is 0 Å². The van der Waals surface area contributed by atoms with E-state index in [4.69, 9.17) is 5.11 Å². The molecule has 1 aromatic rings. The van der Waals surface area contributed by atoms with Crippen molar-refractivity contribution in [3.8, 4) is 0 Å². The van der Waals surface area contributed by atoms with Crippen LogP contribution in [0.5, 0.6) is 0 Å². The Hall–Kier alpha value is -1.84. The molecule has 1 aromatic carbocycles. The number of carboxylic acids is 1. The first-order chi connectivity index (χ1) is 10.1. The van der Waals surface area contributed by atoms with Crippen molar-refractivity contribution in [3.05, 3.63) is 34.9 Å². The van der Waals surface area contributed by atoms with E-state index < -0.39 is 12.0 Å². The molecule has 3 rings (SSSR count). The molecule has 1 aliphatic heterocycles. The lowest BCUT2D eigenvalue weighted by atomic mass is 9.90. The van der Waals surface area contributed by atoms with Gasteiger partial charge in [-0.1, -0.05) is 18.2 Å². The van der Waals surface area contributed by atoms with Gasteiger partial charge in [-0.15, -0.1) is 0 Å².